The number of pyridine rings is 1. The van der Waals surface area contributed by atoms with Crippen LogP contribution in [0.1, 0.15) is 124 Å². The third-order valence-corrected chi connectivity index (χ3v) is 16.2. The summed E-state index contributed by atoms with van der Waals surface area (Å²) in [6, 6.07) is 63.3. The second-order valence-corrected chi connectivity index (χ2v) is 24.6. The Hall–Kier alpha value is -8.11. The molecule has 0 saturated carbocycles. The van der Waals surface area contributed by atoms with E-state index in [1.54, 1.807) is 30.5 Å². The molecule has 10 aromatic rings. The maximum absolute atomic E-state index is 9.00. The van der Waals surface area contributed by atoms with Gasteiger partial charge in [-0.1, -0.05) is 172 Å². The predicted octanol–water partition coefficient (Wildman–Crippen LogP) is 19.4. The summed E-state index contributed by atoms with van der Waals surface area (Å²) in [7, 11) is 0. The lowest BCUT2D eigenvalue weighted by atomic mass is 9.61. The van der Waals surface area contributed by atoms with Crippen LogP contribution in [0.4, 0.5) is 22.7 Å². The van der Waals surface area contributed by atoms with Gasteiger partial charge < -0.3 is 4.74 Å². The highest BCUT2D eigenvalue weighted by Gasteiger charge is 2.41. The smallest absolute Gasteiger partial charge is 0.457 e. The van der Waals surface area contributed by atoms with Crippen molar-refractivity contribution in [2.75, 3.05) is 0 Å². The third-order valence-electron chi connectivity index (χ3n) is 16.2. The summed E-state index contributed by atoms with van der Waals surface area (Å²) in [5, 5.41) is 1.46. The van der Waals surface area contributed by atoms with E-state index in [-0.39, 0.29) is 32.8 Å². The lowest BCUT2D eigenvalue weighted by Gasteiger charge is -2.43. The normalized spacial score (nSPS) is 16.3. The molecule has 5 heteroatoms. The molecule has 2 aliphatic rings. The lowest BCUT2D eigenvalue weighted by molar-refractivity contribution is 0.333. The van der Waals surface area contributed by atoms with Crippen LogP contribution in [0.2, 0.25) is 0 Å². The zero-order valence-corrected chi connectivity index (χ0v) is 45.9. The predicted molar refractivity (Wildman–Crippen MR) is 324 cm³/mol. The van der Waals surface area contributed by atoms with Crippen LogP contribution in [0.25, 0.3) is 61.0 Å². The first-order chi connectivity index (χ1) is 39.2. The van der Waals surface area contributed by atoms with Crippen LogP contribution in [0.5, 0.6) is 11.5 Å². The van der Waals surface area contributed by atoms with Gasteiger partial charge in [-0.25, -0.2) is 4.98 Å². The number of rotatable bonds is 8. The Morgan fingerprint density at radius 1 is 0.545 bits per heavy atom. The quantitative estimate of drug-likeness (QED) is 0.142. The zero-order chi connectivity index (χ0) is 58.8. The minimum absolute atomic E-state index is 0.0824. The average Bonchev–Trinajstić information content (AvgIpc) is 2.09. The van der Waals surface area contributed by atoms with Crippen LogP contribution >= 0.6 is 0 Å². The Labute approximate surface area is 464 Å². The molecule has 0 saturated heterocycles. The van der Waals surface area contributed by atoms with Crippen molar-refractivity contribution in [3.8, 4) is 50.7 Å². The van der Waals surface area contributed by atoms with E-state index in [2.05, 4.69) is 188 Å². The largest absolute Gasteiger partial charge is 0.503 e. The van der Waals surface area contributed by atoms with Crippen molar-refractivity contribution in [3.05, 3.63) is 216 Å². The van der Waals surface area contributed by atoms with E-state index >= 15 is 0 Å². The van der Waals surface area contributed by atoms with Crippen molar-refractivity contribution in [1.29, 1.82) is 0 Å². The summed E-state index contributed by atoms with van der Waals surface area (Å²) in [5.74, 6) is 1.49. The summed E-state index contributed by atoms with van der Waals surface area (Å²) >= 11 is 0. The minimum atomic E-state index is -2.50. The maximum Gasteiger partial charge on any atom is 0.503 e. The molecule has 1 aliphatic heterocycles. The molecule has 0 fully saturated rings. The molecule has 0 spiro atoms. The first-order valence-corrected chi connectivity index (χ1v) is 27.0. The number of nitrogens with zero attached hydrogens (tertiary/aromatic N) is 4. The number of fused-ring (bicyclic) bond motifs is 5. The summed E-state index contributed by atoms with van der Waals surface area (Å²) in [6.07, 6.45) is 3.70. The summed E-state index contributed by atoms with van der Waals surface area (Å²) in [5.41, 5.74) is 15.9. The number of hydrogen-bond acceptors (Lipinski definition) is 2. The van der Waals surface area contributed by atoms with E-state index < -0.39 is 13.7 Å². The Morgan fingerprint density at radius 3 is 1.94 bits per heavy atom. The maximum atomic E-state index is 9.00. The van der Waals surface area contributed by atoms with Gasteiger partial charge in [0.25, 0.3) is 11.4 Å². The van der Waals surface area contributed by atoms with Crippen molar-refractivity contribution in [2.45, 2.75) is 117 Å². The fraction of sp³-hybridized carbons (Fsp3) is 0.250. The number of aromatic nitrogens is 2. The molecule has 5 nitrogen and oxygen atoms in total. The summed E-state index contributed by atoms with van der Waals surface area (Å²) < 4.78 is 65.1. The Balaban J connectivity index is 0.999. The first kappa shape index (κ1) is 43.0. The molecule has 77 heavy (non-hydrogen) atoms. The van der Waals surface area contributed by atoms with Crippen LogP contribution in [0.3, 0.4) is 0 Å². The molecule has 12 rings (SSSR count). The summed E-state index contributed by atoms with van der Waals surface area (Å²) in [6.45, 7) is 17.8. The monoisotopic (exact) mass is 1010 g/mol. The van der Waals surface area contributed by atoms with Crippen LogP contribution < -0.4 is 13.9 Å². The van der Waals surface area contributed by atoms with E-state index in [1.165, 1.54) is 16.7 Å². The van der Waals surface area contributed by atoms with Crippen LogP contribution in [0.15, 0.2) is 182 Å². The van der Waals surface area contributed by atoms with E-state index in [4.69, 9.17) is 17.9 Å². The van der Waals surface area contributed by atoms with E-state index in [0.29, 0.717) is 39.3 Å². The Bertz CT molecular complexity index is 4300. The van der Waals surface area contributed by atoms with Gasteiger partial charge in [-0.05, 0) is 150 Å². The molecule has 8 aromatic carbocycles. The molecule has 2 aromatic heterocycles. The van der Waals surface area contributed by atoms with Crippen LogP contribution in [-0.4, -0.2) is 15.6 Å². The summed E-state index contributed by atoms with van der Waals surface area (Å²) in [4.78, 5) is 5.11. The van der Waals surface area contributed by atoms with E-state index in [9.17, 15) is 0 Å². The van der Waals surface area contributed by atoms with Gasteiger partial charge in [-0.3, -0.25) is 4.57 Å². The van der Waals surface area contributed by atoms with Gasteiger partial charge in [0.1, 0.15) is 17.3 Å². The number of ether oxygens (including phenoxy) is 1. The number of aryl methyl sites for hydroxylation is 2. The van der Waals surface area contributed by atoms with Crippen molar-refractivity contribution in [3.63, 3.8) is 0 Å². The Morgan fingerprint density at radius 2 is 1.21 bits per heavy atom. The van der Waals surface area contributed by atoms with Gasteiger partial charge in [0, 0.05) is 55.0 Å². The molecule has 1 aliphatic carbocycles. The standard InChI is InChI=1S/C72H70N4O/c1-46-31-34-62-59(37-46)57-33-32-54(43-65(57)76(62)66-38-47(2)60(44-73-66)58-27-20-28-61-67(58)72(11,12)36-35-71(61,9)10)77-53-24-18-23-52(42-53)74-45-75(64-30-17-16-29-63(64)74)68-55(48-21-14-13-15-22-48)25-19-26-56(68)49-39-50(69(3,4)5)41-51(40-49)70(6,7)8/h13-34,37-44H,35-36H2,1-12H3/q+2/i1D3,2D3. The van der Waals surface area contributed by atoms with Gasteiger partial charge in [-0.2, -0.15) is 0 Å². The molecular weight excluding hydrogens is 937 g/mol. The van der Waals surface area contributed by atoms with Gasteiger partial charge in [0.2, 0.25) is 11.4 Å². The molecule has 0 bridgehead atoms. The fourth-order valence-corrected chi connectivity index (χ4v) is 11.8. The van der Waals surface area contributed by atoms with Crippen molar-refractivity contribution >= 4 is 50.6 Å². The fourth-order valence-electron chi connectivity index (χ4n) is 11.8. The number of hydrogen-bond donors (Lipinski definition) is 0. The SMILES string of the molecule is [2H]C([2H])([2H])c1ccc2c(c1)c1ccc(Oc3cccc([N+]4=C=[N+](c5c(-c6ccccc6)cccc5-c5cc(C(C)(C)C)cc(C(C)(C)C)c5)c5ccccc54)c3)cc1n2-c1cc(C([2H])([2H])[2H])c(-c2cccc3c2C(C)(C)CCC3(C)C)cn1. The van der Waals surface area contributed by atoms with Crippen LogP contribution in [-0.2, 0) is 21.7 Å². The van der Waals surface area contributed by atoms with Crippen molar-refractivity contribution in [1.82, 2.24) is 18.7 Å². The Kier molecular flexibility index (Phi) is 10.2. The number of para-hydroxylation sites is 3. The highest BCUT2D eigenvalue weighted by molar-refractivity contribution is 6.10. The number of benzene rings is 8. The zero-order valence-electron chi connectivity index (χ0n) is 51.9. The van der Waals surface area contributed by atoms with E-state index in [0.717, 1.165) is 74.4 Å². The second kappa shape index (κ2) is 18.3. The molecule has 382 valence electrons. The lowest BCUT2D eigenvalue weighted by Crippen LogP contribution is -2.34. The first-order valence-electron chi connectivity index (χ1n) is 30.0. The highest BCUT2D eigenvalue weighted by Crippen LogP contribution is 2.51. The molecule has 0 amide bonds. The highest BCUT2D eigenvalue weighted by atomic mass is 16.5. The van der Waals surface area contributed by atoms with Crippen molar-refractivity contribution < 1.29 is 13.0 Å². The van der Waals surface area contributed by atoms with Crippen molar-refractivity contribution in [2.24, 2.45) is 0 Å². The third kappa shape index (κ3) is 8.81. The van der Waals surface area contributed by atoms with Gasteiger partial charge in [0.05, 0.1) is 28.2 Å². The molecule has 3 heterocycles. The molecule has 0 unspecified atom stereocenters. The average molecular weight is 1010 g/mol. The second-order valence-electron chi connectivity index (χ2n) is 24.6. The minimum Gasteiger partial charge on any atom is -0.457 e. The van der Waals surface area contributed by atoms with E-state index in [1.807, 2.05) is 53.1 Å². The van der Waals surface area contributed by atoms with Gasteiger partial charge >= 0.3 is 6.01 Å². The van der Waals surface area contributed by atoms with Crippen LogP contribution in [0, 0.1) is 13.7 Å². The molecular formula is C72H70N4O+2. The molecule has 0 atom stereocenters. The van der Waals surface area contributed by atoms with Gasteiger partial charge in [-0.15, -0.1) is 0 Å². The topological polar surface area (TPSA) is 33.1 Å². The molecule has 0 N–H and O–H groups in total. The van der Waals surface area contributed by atoms with Gasteiger partial charge in [0.15, 0.2) is 0 Å². The molecule has 0 radical (unpaired) electrons.